The molecule has 3 N–H and O–H groups in total. The summed E-state index contributed by atoms with van der Waals surface area (Å²) in [7, 11) is 3.31. The molecular formula is C52H51NO9. The van der Waals surface area contributed by atoms with Crippen LogP contribution in [0.5, 0.6) is 34.5 Å². The standard InChI is InChI=1S/C52H51NO9/c1-4-14-40(42-32-45-48(33-46(42)55)61-47-31-37(54)23-28-44(47)52(45)43-18-11-10-17-41(43)50(57)62-52)49(56)53-29-12-5-6-13-30-60-51(34-15-8-7-9-16-34,35-19-24-38(58-2)25-20-35)36-21-26-39(59-3)27-22-36/h7-11,15-28,31-33,40,54-55H,4-6,12-14,29-30H2,1-3H3,(H,53,56). The highest BCUT2D eigenvalue weighted by Crippen LogP contribution is 2.58. The van der Waals surface area contributed by atoms with Crippen molar-refractivity contribution in [3.05, 3.63) is 178 Å². The van der Waals surface area contributed by atoms with Crippen molar-refractivity contribution in [2.75, 3.05) is 27.4 Å². The maximum atomic E-state index is 14.0. The number of benzene rings is 6. The number of phenolic OH excluding ortho intramolecular Hbond substituents is 2. The average Bonchev–Trinajstić information content (AvgIpc) is 3.59. The van der Waals surface area contributed by atoms with Crippen LogP contribution in [0.15, 0.2) is 133 Å². The van der Waals surface area contributed by atoms with Gasteiger partial charge in [-0.25, -0.2) is 4.79 Å². The van der Waals surface area contributed by atoms with Gasteiger partial charge in [-0.1, -0.05) is 99.0 Å². The molecule has 2 heterocycles. The Bertz CT molecular complexity index is 2490. The summed E-state index contributed by atoms with van der Waals surface area (Å²) < 4.78 is 30.5. The maximum absolute atomic E-state index is 14.0. The fourth-order valence-corrected chi connectivity index (χ4v) is 8.92. The van der Waals surface area contributed by atoms with Crippen LogP contribution < -0.4 is 19.5 Å². The van der Waals surface area contributed by atoms with Gasteiger partial charge in [0, 0.05) is 47.5 Å². The Hall–Kier alpha value is -6.78. The van der Waals surface area contributed by atoms with Gasteiger partial charge in [0.1, 0.15) is 40.1 Å². The summed E-state index contributed by atoms with van der Waals surface area (Å²) in [6.45, 7) is 2.95. The molecule has 6 aromatic rings. The highest BCUT2D eigenvalue weighted by molar-refractivity contribution is 5.97. The van der Waals surface area contributed by atoms with Gasteiger partial charge in [0.15, 0.2) is 5.60 Å². The average molecular weight is 834 g/mol. The first-order valence-corrected chi connectivity index (χ1v) is 21.2. The van der Waals surface area contributed by atoms with Crippen LogP contribution in [0.3, 0.4) is 0 Å². The molecule has 2 aliphatic heterocycles. The molecule has 0 radical (unpaired) electrons. The highest BCUT2D eigenvalue weighted by atomic mass is 16.6. The number of rotatable bonds is 17. The van der Waals surface area contributed by atoms with E-state index < -0.39 is 23.1 Å². The lowest BCUT2D eigenvalue weighted by atomic mass is 9.76. The fraction of sp³-hybridized carbons (Fsp3) is 0.269. The number of methoxy groups -OCH3 is 2. The van der Waals surface area contributed by atoms with Gasteiger partial charge in [-0.2, -0.15) is 0 Å². The van der Waals surface area contributed by atoms with Crippen molar-refractivity contribution >= 4 is 11.9 Å². The van der Waals surface area contributed by atoms with Gasteiger partial charge < -0.3 is 39.2 Å². The van der Waals surface area contributed by atoms with Gasteiger partial charge in [0.25, 0.3) is 0 Å². The number of aromatic hydroxyl groups is 2. The Labute approximate surface area is 362 Å². The zero-order valence-electron chi connectivity index (χ0n) is 35.2. The minimum absolute atomic E-state index is 0.0200. The second kappa shape index (κ2) is 18.1. The van der Waals surface area contributed by atoms with Gasteiger partial charge in [0.2, 0.25) is 5.91 Å². The number of hydrogen-bond donors (Lipinski definition) is 3. The van der Waals surface area contributed by atoms with Crippen molar-refractivity contribution in [2.45, 2.75) is 62.6 Å². The molecule has 0 aromatic heterocycles. The number of nitrogens with one attached hydrogen (secondary N) is 1. The highest BCUT2D eigenvalue weighted by Gasteiger charge is 2.54. The minimum atomic E-state index is -1.41. The van der Waals surface area contributed by atoms with Gasteiger partial charge in [0.05, 0.1) is 25.7 Å². The van der Waals surface area contributed by atoms with Crippen molar-refractivity contribution < 1.29 is 43.5 Å². The molecule has 62 heavy (non-hydrogen) atoms. The Kier molecular flexibility index (Phi) is 12.2. The third-order valence-corrected chi connectivity index (χ3v) is 12.0. The third kappa shape index (κ3) is 7.71. The third-order valence-electron chi connectivity index (χ3n) is 12.0. The van der Waals surface area contributed by atoms with Crippen molar-refractivity contribution in [3.63, 3.8) is 0 Å². The number of esters is 1. The monoisotopic (exact) mass is 833 g/mol. The first kappa shape index (κ1) is 41.9. The molecule has 6 aromatic carbocycles. The van der Waals surface area contributed by atoms with E-state index in [9.17, 15) is 19.8 Å². The summed E-state index contributed by atoms with van der Waals surface area (Å²) >= 11 is 0. The largest absolute Gasteiger partial charge is 0.508 e. The van der Waals surface area contributed by atoms with Gasteiger partial charge in [-0.3, -0.25) is 4.79 Å². The normalized spacial score (nSPS) is 15.4. The Balaban J connectivity index is 0.950. The smallest absolute Gasteiger partial charge is 0.340 e. The van der Waals surface area contributed by atoms with Gasteiger partial charge in [-0.05, 0) is 84.5 Å². The van der Waals surface area contributed by atoms with Crippen LogP contribution in [0, 0.1) is 0 Å². The number of fused-ring (bicyclic) bond motifs is 6. The molecular weight excluding hydrogens is 783 g/mol. The molecule has 1 amide bonds. The van der Waals surface area contributed by atoms with E-state index >= 15 is 0 Å². The van der Waals surface area contributed by atoms with E-state index in [4.69, 9.17) is 23.7 Å². The molecule has 0 saturated carbocycles. The topological polar surface area (TPSA) is 133 Å². The number of carbonyl (C=O) groups is 2. The summed E-state index contributed by atoms with van der Waals surface area (Å²) in [4.78, 5) is 27.4. The van der Waals surface area contributed by atoms with E-state index in [1.807, 2.05) is 85.8 Å². The lowest BCUT2D eigenvalue weighted by Crippen LogP contribution is -2.34. The lowest BCUT2D eigenvalue weighted by molar-refractivity contribution is -0.122. The summed E-state index contributed by atoms with van der Waals surface area (Å²) in [6.07, 6.45) is 4.49. The van der Waals surface area contributed by atoms with E-state index in [0.29, 0.717) is 59.6 Å². The number of unbranched alkanes of at least 4 members (excludes halogenated alkanes) is 3. The number of amides is 1. The Morgan fingerprint density at radius 1 is 0.710 bits per heavy atom. The van der Waals surface area contributed by atoms with Crippen molar-refractivity contribution in [1.82, 2.24) is 5.32 Å². The Morgan fingerprint density at radius 3 is 2.02 bits per heavy atom. The second-order valence-electron chi connectivity index (χ2n) is 15.7. The first-order chi connectivity index (χ1) is 30.2. The van der Waals surface area contributed by atoms with E-state index in [2.05, 4.69) is 17.4 Å². The predicted octanol–water partition coefficient (Wildman–Crippen LogP) is 10.3. The molecule has 10 heteroatoms. The first-order valence-electron chi connectivity index (χ1n) is 21.2. The molecule has 2 aliphatic rings. The minimum Gasteiger partial charge on any atom is -0.508 e. The fourth-order valence-electron chi connectivity index (χ4n) is 8.92. The lowest BCUT2D eigenvalue weighted by Gasteiger charge is -2.37. The molecule has 8 rings (SSSR count). The molecule has 318 valence electrons. The molecule has 2 atom stereocenters. The van der Waals surface area contributed by atoms with E-state index in [-0.39, 0.29) is 23.2 Å². The van der Waals surface area contributed by atoms with Crippen molar-refractivity contribution in [2.24, 2.45) is 0 Å². The Morgan fingerprint density at radius 2 is 1.34 bits per heavy atom. The van der Waals surface area contributed by atoms with E-state index in [1.165, 1.54) is 18.2 Å². The van der Waals surface area contributed by atoms with Crippen LogP contribution in [0.4, 0.5) is 0 Å². The summed E-state index contributed by atoms with van der Waals surface area (Å²) in [5.41, 5.74) is 3.14. The van der Waals surface area contributed by atoms with Crippen LogP contribution in [0.1, 0.15) is 101 Å². The van der Waals surface area contributed by atoms with E-state index in [0.717, 1.165) is 53.9 Å². The predicted molar refractivity (Wildman–Crippen MR) is 235 cm³/mol. The number of ether oxygens (including phenoxy) is 5. The van der Waals surface area contributed by atoms with Crippen LogP contribution in [0.25, 0.3) is 0 Å². The second-order valence-corrected chi connectivity index (χ2v) is 15.7. The SMILES string of the molecule is CCCC(C(=O)NCCCCCCOC(c1ccccc1)(c1ccc(OC)cc1)c1ccc(OC)cc1)c1cc2c(cc1O)Oc1cc(O)ccc1C21OC(=O)c2ccccc21. The zero-order chi connectivity index (χ0) is 43.3. The van der Waals surface area contributed by atoms with Crippen LogP contribution in [-0.4, -0.2) is 49.5 Å². The quantitative estimate of drug-likeness (QED) is 0.0467. The molecule has 10 nitrogen and oxygen atoms in total. The molecule has 1 spiro atoms. The summed E-state index contributed by atoms with van der Waals surface area (Å²) in [5.74, 6) is 0.591. The number of carbonyl (C=O) groups excluding carboxylic acids is 2. The maximum Gasteiger partial charge on any atom is 0.340 e. The number of hydrogen-bond acceptors (Lipinski definition) is 9. The zero-order valence-corrected chi connectivity index (χ0v) is 35.2. The van der Waals surface area contributed by atoms with Gasteiger partial charge >= 0.3 is 5.97 Å². The van der Waals surface area contributed by atoms with Crippen LogP contribution >= 0.6 is 0 Å². The van der Waals surface area contributed by atoms with Gasteiger partial charge in [-0.15, -0.1) is 0 Å². The molecule has 0 fully saturated rings. The summed E-state index contributed by atoms with van der Waals surface area (Å²) in [6, 6.07) is 41.3. The number of phenols is 2. The molecule has 2 unspecified atom stereocenters. The van der Waals surface area contributed by atoms with Crippen LogP contribution in [0.2, 0.25) is 0 Å². The van der Waals surface area contributed by atoms with E-state index in [1.54, 1.807) is 38.5 Å². The molecule has 0 aliphatic carbocycles. The summed E-state index contributed by atoms with van der Waals surface area (Å²) in [5, 5.41) is 24.9. The molecule has 0 bridgehead atoms. The molecule has 0 saturated heterocycles. The van der Waals surface area contributed by atoms with Crippen molar-refractivity contribution in [1.29, 1.82) is 0 Å². The van der Waals surface area contributed by atoms with Crippen molar-refractivity contribution in [3.8, 4) is 34.5 Å². The van der Waals surface area contributed by atoms with Crippen LogP contribution in [-0.2, 0) is 25.5 Å².